The van der Waals surface area contributed by atoms with Crippen molar-refractivity contribution in [3.8, 4) is 6.07 Å². The number of nitriles is 1. The summed E-state index contributed by atoms with van der Waals surface area (Å²) in [5.41, 5.74) is 5.90. The van der Waals surface area contributed by atoms with E-state index in [-0.39, 0.29) is 5.41 Å². The summed E-state index contributed by atoms with van der Waals surface area (Å²) in [5.74, 6) is 0. The molecule has 1 aromatic heterocycles. The SMILES string of the molecule is CC1(C)CNc2ccc(CCc3ccc(C#N)nc3)cc21. The minimum absolute atomic E-state index is 0.210. The molecule has 2 heterocycles. The zero-order valence-corrected chi connectivity index (χ0v) is 12.5. The van der Waals surface area contributed by atoms with Crippen molar-refractivity contribution in [2.75, 3.05) is 11.9 Å². The summed E-state index contributed by atoms with van der Waals surface area (Å²) in [7, 11) is 0. The number of hydrogen-bond donors (Lipinski definition) is 1. The second-order valence-electron chi connectivity index (χ2n) is 6.28. The summed E-state index contributed by atoms with van der Waals surface area (Å²) in [6, 6.07) is 12.5. The maximum atomic E-state index is 8.76. The number of nitrogens with one attached hydrogen (secondary N) is 1. The lowest BCUT2D eigenvalue weighted by atomic mass is 9.85. The molecule has 21 heavy (non-hydrogen) atoms. The Morgan fingerprint density at radius 2 is 1.95 bits per heavy atom. The number of aryl methyl sites for hydroxylation is 2. The number of pyridine rings is 1. The minimum atomic E-state index is 0.210. The zero-order valence-electron chi connectivity index (χ0n) is 12.5. The fourth-order valence-corrected chi connectivity index (χ4v) is 2.80. The van der Waals surface area contributed by atoms with Gasteiger partial charge in [-0.2, -0.15) is 5.26 Å². The van der Waals surface area contributed by atoms with Gasteiger partial charge in [0.05, 0.1) is 0 Å². The standard InChI is InChI=1S/C18H19N3/c1-18(2)12-21-17-8-6-13(9-16(17)18)3-4-14-5-7-15(10-19)20-11-14/h5-9,11,21H,3-4,12H2,1-2H3. The predicted octanol–water partition coefficient (Wildman–Crippen LogP) is 3.44. The second kappa shape index (κ2) is 5.21. The average Bonchev–Trinajstić information content (AvgIpc) is 2.81. The molecule has 0 atom stereocenters. The van der Waals surface area contributed by atoms with Crippen molar-refractivity contribution in [1.29, 1.82) is 5.26 Å². The number of aromatic nitrogens is 1. The molecule has 3 rings (SSSR count). The third-order valence-corrected chi connectivity index (χ3v) is 4.18. The van der Waals surface area contributed by atoms with Gasteiger partial charge in [-0.1, -0.05) is 32.0 Å². The average molecular weight is 277 g/mol. The summed E-state index contributed by atoms with van der Waals surface area (Å²) in [5, 5.41) is 12.2. The molecule has 2 aromatic rings. The third-order valence-electron chi connectivity index (χ3n) is 4.18. The molecule has 0 aliphatic carbocycles. The van der Waals surface area contributed by atoms with E-state index in [0.29, 0.717) is 5.69 Å². The summed E-state index contributed by atoms with van der Waals surface area (Å²) in [6.07, 6.45) is 3.75. The van der Waals surface area contributed by atoms with Crippen LogP contribution in [-0.4, -0.2) is 11.5 Å². The van der Waals surface area contributed by atoms with E-state index in [9.17, 15) is 0 Å². The maximum absolute atomic E-state index is 8.76. The van der Waals surface area contributed by atoms with Crippen LogP contribution in [0.5, 0.6) is 0 Å². The lowest BCUT2D eigenvalue weighted by molar-refractivity contribution is 0.585. The van der Waals surface area contributed by atoms with Gasteiger partial charge >= 0.3 is 0 Å². The first-order chi connectivity index (χ1) is 10.1. The Morgan fingerprint density at radius 1 is 1.19 bits per heavy atom. The Kier molecular flexibility index (Phi) is 3.39. The van der Waals surface area contributed by atoms with Gasteiger partial charge in [0.25, 0.3) is 0 Å². The molecule has 0 fully saturated rings. The van der Waals surface area contributed by atoms with Crippen LogP contribution in [0.1, 0.15) is 36.2 Å². The molecule has 3 heteroatoms. The van der Waals surface area contributed by atoms with Crippen LogP contribution in [0.15, 0.2) is 36.5 Å². The van der Waals surface area contributed by atoms with Crippen molar-refractivity contribution in [2.24, 2.45) is 0 Å². The van der Waals surface area contributed by atoms with Crippen LogP contribution in [0.25, 0.3) is 0 Å². The summed E-state index contributed by atoms with van der Waals surface area (Å²) in [6.45, 7) is 5.56. The highest BCUT2D eigenvalue weighted by Gasteiger charge is 2.29. The van der Waals surface area contributed by atoms with Gasteiger partial charge in [0, 0.05) is 23.8 Å². The lowest BCUT2D eigenvalue weighted by Gasteiger charge is -2.17. The topological polar surface area (TPSA) is 48.7 Å². The van der Waals surface area contributed by atoms with Crippen molar-refractivity contribution in [1.82, 2.24) is 4.98 Å². The van der Waals surface area contributed by atoms with Crippen LogP contribution in [0.4, 0.5) is 5.69 Å². The number of nitrogens with zero attached hydrogens (tertiary/aromatic N) is 2. The van der Waals surface area contributed by atoms with Gasteiger partial charge in [0.1, 0.15) is 11.8 Å². The number of anilines is 1. The molecule has 1 aliphatic heterocycles. The molecular weight excluding hydrogens is 258 g/mol. The van der Waals surface area contributed by atoms with Gasteiger partial charge in [-0.25, -0.2) is 4.98 Å². The van der Waals surface area contributed by atoms with Crippen LogP contribution in [0.3, 0.4) is 0 Å². The first kappa shape index (κ1) is 13.6. The van der Waals surface area contributed by atoms with Crippen LogP contribution in [-0.2, 0) is 18.3 Å². The number of rotatable bonds is 3. The first-order valence-corrected chi connectivity index (χ1v) is 7.31. The smallest absolute Gasteiger partial charge is 0.140 e. The number of fused-ring (bicyclic) bond motifs is 1. The van der Waals surface area contributed by atoms with E-state index in [1.54, 1.807) is 12.3 Å². The van der Waals surface area contributed by atoms with E-state index in [0.717, 1.165) is 19.4 Å². The van der Waals surface area contributed by atoms with Crippen molar-refractivity contribution in [3.63, 3.8) is 0 Å². The van der Waals surface area contributed by atoms with Crippen molar-refractivity contribution in [3.05, 3.63) is 58.9 Å². The molecule has 106 valence electrons. The summed E-state index contributed by atoms with van der Waals surface area (Å²) >= 11 is 0. The first-order valence-electron chi connectivity index (χ1n) is 7.31. The number of benzene rings is 1. The maximum Gasteiger partial charge on any atom is 0.140 e. The molecule has 0 amide bonds. The second-order valence-corrected chi connectivity index (χ2v) is 6.28. The largest absolute Gasteiger partial charge is 0.384 e. The van der Waals surface area contributed by atoms with Gasteiger partial charge in [-0.05, 0) is 41.7 Å². The highest BCUT2D eigenvalue weighted by atomic mass is 14.9. The molecule has 1 aromatic carbocycles. The summed E-state index contributed by atoms with van der Waals surface area (Å²) in [4.78, 5) is 4.12. The highest BCUT2D eigenvalue weighted by molar-refractivity contribution is 5.60. The van der Waals surface area contributed by atoms with Crippen molar-refractivity contribution >= 4 is 5.69 Å². The summed E-state index contributed by atoms with van der Waals surface area (Å²) < 4.78 is 0. The predicted molar refractivity (Wildman–Crippen MR) is 84.3 cm³/mol. The monoisotopic (exact) mass is 277 g/mol. The Hall–Kier alpha value is -2.34. The Labute approximate surface area is 125 Å². The van der Waals surface area contributed by atoms with E-state index in [1.807, 2.05) is 12.1 Å². The van der Waals surface area contributed by atoms with Crippen molar-refractivity contribution in [2.45, 2.75) is 32.1 Å². The van der Waals surface area contributed by atoms with E-state index in [2.05, 4.69) is 42.3 Å². The van der Waals surface area contributed by atoms with Gasteiger partial charge in [0.2, 0.25) is 0 Å². The molecule has 0 saturated carbocycles. The quantitative estimate of drug-likeness (QED) is 0.935. The molecule has 0 spiro atoms. The van der Waals surface area contributed by atoms with E-state index in [4.69, 9.17) is 5.26 Å². The van der Waals surface area contributed by atoms with E-state index < -0.39 is 0 Å². The van der Waals surface area contributed by atoms with Gasteiger partial charge < -0.3 is 5.32 Å². The van der Waals surface area contributed by atoms with Gasteiger partial charge in [-0.3, -0.25) is 0 Å². The van der Waals surface area contributed by atoms with E-state index >= 15 is 0 Å². The number of hydrogen-bond acceptors (Lipinski definition) is 3. The van der Waals surface area contributed by atoms with Gasteiger partial charge in [-0.15, -0.1) is 0 Å². The molecule has 0 bridgehead atoms. The van der Waals surface area contributed by atoms with Crippen LogP contribution >= 0.6 is 0 Å². The van der Waals surface area contributed by atoms with Gasteiger partial charge in [0.15, 0.2) is 0 Å². The molecule has 1 aliphatic rings. The Bertz CT molecular complexity index is 693. The molecule has 0 saturated heterocycles. The molecular formula is C18H19N3. The lowest BCUT2D eigenvalue weighted by Crippen LogP contribution is -2.19. The molecule has 0 unspecified atom stereocenters. The van der Waals surface area contributed by atoms with Crippen LogP contribution in [0, 0.1) is 11.3 Å². The highest BCUT2D eigenvalue weighted by Crippen LogP contribution is 2.36. The Balaban J connectivity index is 1.73. The fourth-order valence-electron chi connectivity index (χ4n) is 2.80. The zero-order chi connectivity index (χ0) is 14.9. The van der Waals surface area contributed by atoms with Crippen LogP contribution in [0.2, 0.25) is 0 Å². The molecule has 0 radical (unpaired) electrons. The van der Waals surface area contributed by atoms with E-state index in [1.165, 1.54) is 22.4 Å². The van der Waals surface area contributed by atoms with Crippen molar-refractivity contribution < 1.29 is 0 Å². The Morgan fingerprint density at radius 3 is 2.67 bits per heavy atom. The normalized spacial score (nSPS) is 15.1. The minimum Gasteiger partial charge on any atom is -0.384 e. The van der Waals surface area contributed by atoms with Crippen LogP contribution < -0.4 is 5.32 Å². The molecule has 1 N–H and O–H groups in total. The third kappa shape index (κ3) is 2.75. The molecule has 3 nitrogen and oxygen atoms in total. The fraction of sp³-hybridized carbons (Fsp3) is 0.333.